The number of halogens is 1. The highest BCUT2D eigenvalue weighted by Crippen LogP contribution is 2.47. The fourth-order valence-corrected chi connectivity index (χ4v) is 9.86. The summed E-state index contributed by atoms with van der Waals surface area (Å²) < 4.78 is 42.2. The number of carbonyl (C=O) groups is 1. The van der Waals surface area contributed by atoms with E-state index in [1.807, 2.05) is 32.2 Å². The average molecular weight is 727 g/mol. The Morgan fingerprint density at radius 1 is 1.00 bits per heavy atom. The largest absolute Gasteiger partial charge is 0.491 e. The smallest absolute Gasteiger partial charge is 0.264 e. The first-order valence-corrected chi connectivity index (χ1v) is 20.5. The van der Waals surface area contributed by atoms with Crippen LogP contribution in [-0.2, 0) is 27.6 Å². The Labute approximate surface area is 304 Å². The van der Waals surface area contributed by atoms with Gasteiger partial charge in [0.2, 0.25) is 10.0 Å². The molecule has 5 atom stereocenters. The van der Waals surface area contributed by atoms with Crippen molar-refractivity contribution in [2.24, 2.45) is 23.7 Å². The van der Waals surface area contributed by atoms with E-state index in [1.54, 1.807) is 6.07 Å². The van der Waals surface area contributed by atoms with Gasteiger partial charge in [0.15, 0.2) is 0 Å². The maximum absolute atomic E-state index is 13.5. The monoisotopic (exact) mass is 726 g/mol. The number of likely N-dealkylation sites (N-methyl/N-ethyl adjacent to an activating group) is 1. The lowest BCUT2D eigenvalue weighted by Crippen LogP contribution is -2.58. The molecule has 1 N–H and O–H groups in total. The maximum Gasteiger partial charge on any atom is 0.264 e. The minimum Gasteiger partial charge on any atom is -0.491 e. The lowest BCUT2D eigenvalue weighted by molar-refractivity contribution is -0.0950. The molecule has 1 saturated heterocycles. The number of hydrogen-bond acceptors (Lipinski definition) is 8. The number of allylic oxidation sites excluding steroid dienone is 1. The summed E-state index contributed by atoms with van der Waals surface area (Å²) in [7, 11) is 0.130. The first-order valence-electron chi connectivity index (χ1n) is 18.4. The summed E-state index contributed by atoms with van der Waals surface area (Å²) in [6.07, 6.45) is 10.2. The number of rotatable bonds is 3. The molecule has 1 aliphatic carbocycles. The molecule has 1 amide bonds. The fourth-order valence-electron chi connectivity index (χ4n) is 8.19. The number of nitrogens with one attached hydrogen (secondary N) is 1. The number of sulfonamides is 1. The summed E-state index contributed by atoms with van der Waals surface area (Å²) in [6, 6.07) is 11.5. The van der Waals surface area contributed by atoms with Gasteiger partial charge in [-0.2, -0.15) is 0 Å². The molecule has 3 heterocycles. The topological polar surface area (TPSA) is 91.4 Å². The SMILES string of the molecule is CO[C@]1(CN2CCN(C)CC2)/C=C/[C@H](C)[C@H](C)CS(=O)(=O)NC(=O)c2ccc3c(c2)N(CCCCc2cc(Cl)ccc2CCO3)C[C@@H]2CC[C@H]21. The third kappa shape index (κ3) is 8.69. The fraction of sp³-hybridized carbons (Fsp3) is 0.615. The number of fused-ring (bicyclic) bond motifs is 3. The van der Waals surface area contributed by atoms with Gasteiger partial charge < -0.3 is 19.3 Å². The summed E-state index contributed by atoms with van der Waals surface area (Å²) >= 11 is 6.40. The highest BCUT2D eigenvalue weighted by Gasteiger charge is 2.48. The van der Waals surface area contributed by atoms with Crippen LogP contribution in [0.1, 0.15) is 61.0 Å². The second kappa shape index (κ2) is 15.9. The number of benzene rings is 2. The number of nitrogens with zero attached hydrogens (tertiary/aromatic N) is 3. The van der Waals surface area contributed by atoms with Crippen molar-refractivity contribution in [2.75, 3.05) is 77.2 Å². The average Bonchev–Trinajstić information content (AvgIpc) is 3.06. The number of anilines is 1. The number of amides is 1. The van der Waals surface area contributed by atoms with Gasteiger partial charge in [-0.1, -0.05) is 43.7 Å². The molecule has 0 unspecified atom stereocenters. The van der Waals surface area contributed by atoms with Gasteiger partial charge in [-0.3, -0.25) is 9.69 Å². The van der Waals surface area contributed by atoms with Gasteiger partial charge in [-0.05, 0) is 104 Å². The molecule has 1 saturated carbocycles. The van der Waals surface area contributed by atoms with Gasteiger partial charge in [0.1, 0.15) is 11.4 Å². The maximum atomic E-state index is 13.5. The van der Waals surface area contributed by atoms with Crippen LogP contribution in [0.3, 0.4) is 0 Å². The summed E-state index contributed by atoms with van der Waals surface area (Å²) in [5.41, 5.74) is 3.15. The van der Waals surface area contributed by atoms with Crippen molar-refractivity contribution in [3.63, 3.8) is 0 Å². The predicted octanol–water partition coefficient (Wildman–Crippen LogP) is 5.66. The summed E-state index contributed by atoms with van der Waals surface area (Å²) in [5.74, 6) is 0.352. The highest BCUT2D eigenvalue weighted by atomic mass is 35.5. The van der Waals surface area contributed by atoms with E-state index in [-0.39, 0.29) is 23.5 Å². The van der Waals surface area contributed by atoms with E-state index in [2.05, 4.69) is 57.7 Å². The van der Waals surface area contributed by atoms with E-state index in [0.29, 0.717) is 23.8 Å². The minimum absolute atomic E-state index is 0.0340. The highest BCUT2D eigenvalue weighted by molar-refractivity contribution is 7.90. The normalized spacial score (nSPS) is 30.7. The zero-order valence-electron chi connectivity index (χ0n) is 30.2. The third-order valence-electron chi connectivity index (χ3n) is 11.7. The molecule has 2 fully saturated rings. The van der Waals surface area contributed by atoms with E-state index >= 15 is 0 Å². The Balaban J connectivity index is 1.38. The van der Waals surface area contributed by atoms with Crippen molar-refractivity contribution in [3.8, 4) is 5.75 Å². The van der Waals surface area contributed by atoms with Crippen LogP contribution in [0.4, 0.5) is 5.69 Å². The van der Waals surface area contributed by atoms with Crippen LogP contribution in [0.25, 0.3) is 0 Å². The minimum atomic E-state index is -3.89. The molecule has 3 aliphatic heterocycles. The molecule has 0 aromatic heterocycles. The van der Waals surface area contributed by atoms with Crippen LogP contribution in [0.5, 0.6) is 5.75 Å². The zero-order chi connectivity index (χ0) is 35.5. The molecule has 2 bridgehead atoms. The van der Waals surface area contributed by atoms with Crippen molar-refractivity contribution in [1.82, 2.24) is 14.5 Å². The molecule has 2 aromatic carbocycles. The first kappa shape index (κ1) is 37.1. The lowest BCUT2D eigenvalue weighted by Gasteiger charge is -2.52. The summed E-state index contributed by atoms with van der Waals surface area (Å²) in [4.78, 5) is 20.8. The van der Waals surface area contributed by atoms with E-state index < -0.39 is 21.5 Å². The van der Waals surface area contributed by atoms with E-state index in [4.69, 9.17) is 21.1 Å². The van der Waals surface area contributed by atoms with Gasteiger partial charge >= 0.3 is 0 Å². The van der Waals surface area contributed by atoms with Crippen LogP contribution in [0, 0.1) is 23.7 Å². The molecule has 274 valence electrons. The van der Waals surface area contributed by atoms with Crippen LogP contribution in [0.15, 0.2) is 48.6 Å². The number of methoxy groups -OCH3 is 1. The van der Waals surface area contributed by atoms with Crippen molar-refractivity contribution in [1.29, 1.82) is 0 Å². The molecular formula is C39H55ClN4O5S. The van der Waals surface area contributed by atoms with E-state index in [0.717, 1.165) is 95.0 Å². The van der Waals surface area contributed by atoms with Gasteiger partial charge in [0.05, 0.1) is 18.0 Å². The molecule has 0 spiro atoms. The number of hydrogen-bond donors (Lipinski definition) is 1. The van der Waals surface area contributed by atoms with Gasteiger partial charge in [-0.25, -0.2) is 13.1 Å². The van der Waals surface area contributed by atoms with Crippen molar-refractivity contribution >= 4 is 33.2 Å². The van der Waals surface area contributed by atoms with Crippen molar-refractivity contribution in [3.05, 3.63) is 70.3 Å². The molecule has 9 nitrogen and oxygen atoms in total. The summed E-state index contributed by atoms with van der Waals surface area (Å²) in [5, 5.41) is 0.753. The van der Waals surface area contributed by atoms with Crippen LogP contribution in [-0.4, -0.2) is 102 Å². The number of piperazine rings is 1. The predicted molar refractivity (Wildman–Crippen MR) is 201 cm³/mol. The third-order valence-corrected chi connectivity index (χ3v) is 13.4. The molecule has 4 aliphatic rings. The van der Waals surface area contributed by atoms with Gasteiger partial charge in [0.25, 0.3) is 5.91 Å². The molecule has 50 heavy (non-hydrogen) atoms. The van der Waals surface area contributed by atoms with Crippen molar-refractivity contribution in [2.45, 2.75) is 58.0 Å². The Bertz CT molecular complexity index is 1640. The number of carbonyl (C=O) groups excluding carboxylic acids is 1. The van der Waals surface area contributed by atoms with Crippen molar-refractivity contribution < 1.29 is 22.7 Å². The molecule has 6 rings (SSSR count). The second-order valence-corrected chi connectivity index (χ2v) is 17.4. The van der Waals surface area contributed by atoms with Gasteiger partial charge in [0, 0.05) is 69.9 Å². The first-order chi connectivity index (χ1) is 23.9. The molecule has 0 radical (unpaired) electrons. The van der Waals surface area contributed by atoms with Crippen LogP contribution >= 0.6 is 11.6 Å². The Morgan fingerprint density at radius 2 is 1.80 bits per heavy atom. The van der Waals surface area contributed by atoms with Gasteiger partial charge in [-0.15, -0.1) is 0 Å². The standard InChI is InChI=1S/C39H55ClN4O5S/c1-28-14-16-39(48-4,27-43-20-18-42(3)19-21-43)35-12-9-33(35)25-44-17-6-5-7-31-23-34(40)11-8-30(31)15-22-49-37-13-10-32(24-36(37)44)38(45)41-50(46,47)26-29(28)2/h8,10-11,13-14,16,23-24,28-29,33,35H,5-7,9,12,15,17-22,25-27H2,1-4H3,(H,41,45)/b16-14+/t28-,29+,33-,35+,39-/m0/s1. The van der Waals surface area contributed by atoms with Crippen LogP contribution < -0.4 is 14.4 Å². The Kier molecular flexibility index (Phi) is 11.8. The quantitative estimate of drug-likeness (QED) is 0.406. The van der Waals surface area contributed by atoms with E-state index in [9.17, 15) is 13.2 Å². The summed E-state index contributed by atoms with van der Waals surface area (Å²) in [6.45, 7) is 10.9. The number of ether oxygens (including phenoxy) is 2. The van der Waals surface area contributed by atoms with E-state index in [1.165, 1.54) is 11.1 Å². The Hall–Kier alpha value is -2.63. The molecular weight excluding hydrogens is 672 g/mol. The zero-order valence-corrected chi connectivity index (χ0v) is 31.8. The molecule has 2 aromatic rings. The second-order valence-electron chi connectivity index (χ2n) is 15.2. The Morgan fingerprint density at radius 3 is 2.54 bits per heavy atom. The molecule has 11 heteroatoms. The number of aryl methyl sites for hydroxylation is 1. The lowest BCUT2D eigenvalue weighted by atomic mass is 9.63. The van der Waals surface area contributed by atoms with Crippen LogP contribution in [0.2, 0.25) is 5.02 Å².